The number of hydrogen-bond acceptors (Lipinski definition) is 5. The standard InChI is InChI=1S/C28H35N3O5/c1-35-22-10-8-9-21(19-22)26(32)29-25(28(34)30-15-6-3-7-16-30)20-13-17-31(18-14-20)27(33)23-11-4-5-12-24(23)36-2/h4-5,8-12,19-20,25H,3,6-7,13-18H2,1-2H3,(H,29,32)/t25-/m1/s1. The summed E-state index contributed by atoms with van der Waals surface area (Å²) in [6.07, 6.45) is 4.34. The molecule has 2 saturated heterocycles. The molecule has 2 aliphatic rings. The van der Waals surface area contributed by atoms with Gasteiger partial charge in [-0.05, 0) is 68.4 Å². The molecular weight excluding hydrogens is 458 g/mol. The summed E-state index contributed by atoms with van der Waals surface area (Å²) < 4.78 is 10.6. The van der Waals surface area contributed by atoms with E-state index in [0.717, 1.165) is 32.4 Å². The fourth-order valence-electron chi connectivity index (χ4n) is 5.11. The Morgan fingerprint density at radius 1 is 0.861 bits per heavy atom. The van der Waals surface area contributed by atoms with Gasteiger partial charge in [0.15, 0.2) is 0 Å². The minimum Gasteiger partial charge on any atom is -0.497 e. The van der Waals surface area contributed by atoms with Gasteiger partial charge >= 0.3 is 0 Å². The maximum atomic E-state index is 13.6. The highest BCUT2D eigenvalue weighted by Crippen LogP contribution is 2.27. The van der Waals surface area contributed by atoms with Crippen LogP contribution < -0.4 is 14.8 Å². The second-order valence-electron chi connectivity index (χ2n) is 9.40. The van der Waals surface area contributed by atoms with Gasteiger partial charge in [0.05, 0.1) is 19.8 Å². The van der Waals surface area contributed by atoms with E-state index in [-0.39, 0.29) is 23.6 Å². The van der Waals surface area contributed by atoms with Gasteiger partial charge in [-0.3, -0.25) is 14.4 Å². The largest absolute Gasteiger partial charge is 0.497 e. The van der Waals surface area contributed by atoms with Crippen LogP contribution in [0.1, 0.15) is 52.8 Å². The van der Waals surface area contributed by atoms with Crippen molar-refractivity contribution in [3.63, 3.8) is 0 Å². The monoisotopic (exact) mass is 493 g/mol. The highest BCUT2D eigenvalue weighted by molar-refractivity contribution is 5.98. The predicted octanol–water partition coefficient (Wildman–Crippen LogP) is 3.37. The summed E-state index contributed by atoms with van der Waals surface area (Å²) in [5.74, 6) is 0.677. The van der Waals surface area contributed by atoms with E-state index < -0.39 is 6.04 Å². The van der Waals surface area contributed by atoms with Crippen LogP contribution in [0.2, 0.25) is 0 Å². The van der Waals surface area contributed by atoms with E-state index >= 15 is 0 Å². The molecule has 2 heterocycles. The third kappa shape index (κ3) is 5.80. The van der Waals surface area contributed by atoms with Gasteiger partial charge in [0, 0.05) is 31.7 Å². The Bertz CT molecular complexity index is 1070. The number of methoxy groups -OCH3 is 2. The number of piperidine rings is 2. The molecule has 1 atom stereocenters. The van der Waals surface area contributed by atoms with Crippen LogP contribution in [0, 0.1) is 5.92 Å². The van der Waals surface area contributed by atoms with Gasteiger partial charge in [-0.15, -0.1) is 0 Å². The molecular formula is C28H35N3O5. The Hall–Kier alpha value is -3.55. The van der Waals surface area contributed by atoms with Gasteiger partial charge in [-0.1, -0.05) is 18.2 Å². The first kappa shape index (κ1) is 25.5. The molecule has 0 radical (unpaired) electrons. The summed E-state index contributed by atoms with van der Waals surface area (Å²) in [6.45, 7) is 2.46. The Morgan fingerprint density at radius 2 is 1.58 bits per heavy atom. The second kappa shape index (κ2) is 11.9. The number of ether oxygens (including phenoxy) is 2. The minimum absolute atomic E-state index is 0.0274. The first-order valence-corrected chi connectivity index (χ1v) is 12.7. The van der Waals surface area contributed by atoms with Gasteiger partial charge in [0.2, 0.25) is 5.91 Å². The molecule has 3 amide bonds. The smallest absolute Gasteiger partial charge is 0.257 e. The quantitative estimate of drug-likeness (QED) is 0.639. The first-order valence-electron chi connectivity index (χ1n) is 12.7. The van der Waals surface area contributed by atoms with Gasteiger partial charge in [-0.25, -0.2) is 0 Å². The maximum absolute atomic E-state index is 13.6. The lowest BCUT2D eigenvalue weighted by Gasteiger charge is -2.38. The highest BCUT2D eigenvalue weighted by Gasteiger charge is 2.37. The molecule has 0 aromatic heterocycles. The Balaban J connectivity index is 1.48. The van der Waals surface area contributed by atoms with Gasteiger partial charge < -0.3 is 24.6 Å². The van der Waals surface area contributed by atoms with Crippen LogP contribution in [0.5, 0.6) is 11.5 Å². The van der Waals surface area contributed by atoms with E-state index in [2.05, 4.69) is 5.32 Å². The SMILES string of the molecule is COc1cccc(C(=O)N[C@@H](C(=O)N2CCCCC2)C2CCN(C(=O)c3ccccc3OC)CC2)c1. The third-order valence-corrected chi connectivity index (χ3v) is 7.19. The number of carbonyl (C=O) groups excluding carboxylic acids is 3. The fourth-order valence-corrected chi connectivity index (χ4v) is 5.11. The van der Waals surface area contributed by atoms with Crippen LogP contribution in [0.15, 0.2) is 48.5 Å². The fraction of sp³-hybridized carbons (Fsp3) is 0.464. The van der Waals surface area contributed by atoms with Crippen molar-refractivity contribution >= 4 is 17.7 Å². The zero-order valence-corrected chi connectivity index (χ0v) is 21.1. The van der Waals surface area contributed by atoms with Crippen LogP contribution in [0.25, 0.3) is 0 Å². The van der Waals surface area contributed by atoms with E-state index in [1.807, 2.05) is 17.0 Å². The molecule has 2 aliphatic heterocycles. The summed E-state index contributed by atoms with van der Waals surface area (Å²) in [5.41, 5.74) is 0.986. The van der Waals surface area contributed by atoms with Crippen LogP contribution in [-0.4, -0.2) is 74.0 Å². The Morgan fingerprint density at radius 3 is 2.28 bits per heavy atom. The molecule has 2 fully saturated rings. The van der Waals surface area contributed by atoms with Crippen molar-refractivity contribution in [3.05, 3.63) is 59.7 Å². The van der Waals surface area contributed by atoms with Crippen LogP contribution in [0.4, 0.5) is 0 Å². The zero-order valence-electron chi connectivity index (χ0n) is 21.1. The first-order chi connectivity index (χ1) is 17.5. The van der Waals surface area contributed by atoms with Crippen molar-refractivity contribution in [1.29, 1.82) is 0 Å². The number of amides is 3. The van der Waals surface area contributed by atoms with Gasteiger partial charge in [-0.2, -0.15) is 0 Å². The number of benzene rings is 2. The van der Waals surface area contributed by atoms with Crippen LogP contribution in [-0.2, 0) is 4.79 Å². The lowest BCUT2D eigenvalue weighted by molar-refractivity contribution is -0.136. The molecule has 2 aromatic carbocycles. The lowest BCUT2D eigenvalue weighted by atomic mass is 9.87. The molecule has 4 rings (SSSR count). The van der Waals surface area contributed by atoms with Gasteiger partial charge in [0.25, 0.3) is 11.8 Å². The number of hydrogen-bond donors (Lipinski definition) is 1. The lowest BCUT2D eigenvalue weighted by Crippen LogP contribution is -2.55. The number of nitrogens with one attached hydrogen (secondary N) is 1. The number of para-hydroxylation sites is 1. The predicted molar refractivity (Wildman–Crippen MR) is 136 cm³/mol. The van der Waals surface area contributed by atoms with Crippen LogP contribution in [0.3, 0.4) is 0 Å². The normalized spacial score (nSPS) is 17.3. The molecule has 2 aromatic rings. The summed E-state index contributed by atoms with van der Waals surface area (Å²) >= 11 is 0. The highest BCUT2D eigenvalue weighted by atomic mass is 16.5. The average Bonchev–Trinajstić information content (AvgIpc) is 2.95. The molecule has 0 bridgehead atoms. The third-order valence-electron chi connectivity index (χ3n) is 7.19. The number of carbonyl (C=O) groups is 3. The van der Waals surface area contributed by atoms with Crippen molar-refractivity contribution in [2.45, 2.75) is 38.1 Å². The number of likely N-dealkylation sites (tertiary alicyclic amines) is 2. The Kier molecular flexibility index (Phi) is 8.46. The Labute approximate surface area is 212 Å². The molecule has 8 nitrogen and oxygen atoms in total. The molecule has 0 spiro atoms. The van der Waals surface area contributed by atoms with Crippen molar-refractivity contribution in [2.24, 2.45) is 5.92 Å². The summed E-state index contributed by atoms with van der Waals surface area (Å²) in [4.78, 5) is 43.6. The van der Waals surface area contributed by atoms with E-state index in [1.165, 1.54) is 0 Å². The van der Waals surface area contributed by atoms with Crippen molar-refractivity contribution < 1.29 is 23.9 Å². The van der Waals surface area contributed by atoms with E-state index in [1.54, 1.807) is 55.5 Å². The van der Waals surface area contributed by atoms with Gasteiger partial charge in [0.1, 0.15) is 17.5 Å². The van der Waals surface area contributed by atoms with E-state index in [9.17, 15) is 14.4 Å². The molecule has 0 unspecified atom stereocenters. The molecule has 8 heteroatoms. The van der Waals surface area contributed by atoms with Crippen molar-refractivity contribution in [3.8, 4) is 11.5 Å². The topological polar surface area (TPSA) is 88.2 Å². The summed E-state index contributed by atoms with van der Waals surface area (Å²) in [7, 11) is 3.11. The number of nitrogens with zero attached hydrogens (tertiary/aromatic N) is 2. The van der Waals surface area contributed by atoms with E-state index in [4.69, 9.17) is 9.47 Å². The molecule has 1 N–H and O–H groups in total. The van der Waals surface area contributed by atoms with E-state index in [0.29, 0.717) is 48.6 Å². The molecule has 0 aliphatic carbocycles. The average molecular weight is 494 g/mol. The number of rotatable bonds is 7. The van der Waals surface area contributed by atoms with Crippen molar-refractivity contribution in [1.82, 2.24) is 15.1 Å². The summed E-state index contributed by atoms with van der Waals surface area (Å²) in [5, 5.41) is 3.04. The van der Waals surface area contributed by atoms with Crippen molar-refractivity contribution in [2.75, 3.05) is 40.4 Å². The molecule has 192 valence electrons. The minimum atomic E-state index is -0.634. The zero-order chi connectivity index (χ0) is 25.5. The summed E-state index contributed by atoms with van der Waals surface area (Å²) in [6, 6.07) is 13.5. The molecule has 36 heavy (non-hydrogen) atoms. The second-order valence-corrected chi connectivity index (χ2v) is 9.40. The maximum Gasteiger partial charge on any atom is 0.257 e. The van der Waals surface area contributed by atoms with Crippen LogP contribution >= 0.6 is 0 Å². The molecule has 0 saturated carbocycles.